The van der Waals surface area contributed by atoms with E-state index >= 15 is 0 Å². The summed E-state index contributed by atoms with van der Waals surface area (Å²) < 4.78 is 7.07. The Hall–Kier alpha value is -1.32. The van der Waals surface area contributed by atoms with Gasteiger partial charge >= 0.3 is 5.97 Å². The van der Waals surface area contributed by atoms with Crippen molar-refractivity contribution in [2.24, 2.45) is 0 Å². The number of rotatable bonds is 6. The first-order valence-electron chi connectivity index (χ1n) is 6.50. The number of hydrogen-bond acceptors (Lipinski definition) is 3. The second kappa shape index (κ2) is 5.34. The maximum absolute atomic E-state index is 11.8. The predicted molar refractivity (Wildman–Crippen MR) is 65.1 cm³/mol. The lowest BCUT2D eigenvalue weighted by atomic mass is 10.1. The van der Waals surface area contributed by atoms with E-state index in [4.69, 9.17) is 4.74 Å². The molecule has 0 N–H and O–H groups in total. The van der Waals surface area contributed by atoms with E-state index in [9.17, 15) is 4.79 Å². The van der Waals surface area contributed by atoms with Crippen molar-refractivity contribution in [3.05, 3.63) is 17.5 Å². The van der Waals surface area contributed by atoms with Crippen molar-refractivity contribution in [3.63, 3.8) is 0 Å². The number of unbranched alkanes of at least 4 members (excludes halogenated alkanes) is 1. The van der Waals surface area contributed by atoms with Crippen LogP contribution in [0.2, 0.25) is 0 Å². The molecule has 1 heterocycles. The summed E-state index contributed by atoms with van der Waals surface area (Å²) in [5.41, 5.74) is 1.77. The molecule has 1 saturated carbocycles. The van der Waals surface area contributed by atoms with Crippen molar-refractivity contribution >= 4 is 5.97 Å². The van der Waals surface area contributed by atoms with Crippen LogP contribution in [-0.4, -0.2) is 22.4 Å². The maximum atomic E-state index is 11.8. The number of hydrogen-bond donors (Lipinski definition) is 0. The summed E-state index contributed by atoms with van der Waals surface area (Å²) in [4.78, 5) is 11.8. The molecule has 0 bridgehead atoms. The molecule has 94 valence electrons. The van der Waals surface area contributed by atoms with Gasteiger partial charge in [-0.05, 0) is 26.2 Å². The van der Waals surface area contributed by atoms with Crippen molar-refractivity contribution in [1.82, 2.24) is 9.78 Å². The first kappa shape index (κ1) is 12.1. The van der Waals surface area contributed by atoms with E-state index in [1.165, 1.54) is 12.8 Å². The van der Waals surface area contributed by atoms with Gasteiger partial charge in [0.05, 0.1) is 18.5 Å². The van der Waals surface area contributed by atoms with Crippen molar-refractivity contribution in [1.29, 1.82) is 0 Å². The normalized spacial score (nSPS) is 14.9. The van der Waals surface area contributed by atoms with Crippen LogP contribution in [0.4, 0.5) is 0 Å². The minimum absolute atomic E-state index is 0.225. The van der Waals surface area contributed by atoms with Gasteiger partial charge in [-0.1, -0.05) is 13.3 Å². The third-order valence-electron chi connectivity index (χ3n) is 3.06. The molecule has 0 spiro atoms. The van der Waals surface area contributed by atoms with Crippen molar-refractivity contribution in [2.75, 3.05) is 6.61 Å². The molecule has 0 aliphatic heterocycles. The van der Waals surface area contributed by atoms with Crippen LogP contribution in [0.3, 0.4) is 0 Å². The molecule has 1 aliphatic carbocycles. The fourth-order valence-electron chi connectivity index (χ4n) is 2.03. The van der Waals surface area contributed by atoms with Gasteiger partial charge in [0, 0.05) is 12.5 Å². The highest BCUT2D eigenvalue weighted by Crippen LogP contribution is 2.41. The Balaban J connectivity index is 2.20. The van der Waals surface area contributed by atoms with Gasteiger partial charge in [-0.3, -0.25) is 4.68 Å². The zero-order valence-corrected chi connectivity index (χ0v) is 10.6. The number of esters is 1. The van der Waals surface area contributed by atoms with Crippen molar-refractivity contribution in [2.45, 2.75) is 52.0 Å². The number of ether oxygens (including phenoxy) is 1. The second-order valence-corrected chi connectivity index (χ2v) is 4.51. The van der Waals surface area contributed by atoms with Crippen LogP contribution in [0, 0.1) is 0 Å². The van der Waals surface area contributed by atoms with Crippen LogP contribution in [0.15, 0.2) is 6.20 Å². The smallest absolute Gasteiger partial charge is 0.341 e. The Morgan fingerprint density at radius 1 is 1.53 bits per heavy atom. The van der Waals surface area contributed by atoms with Gasteiger partial charge in [0.2, 0.25) is 0 Å². The van der Waals surface area contributed by atoms with Gasteiger partial charge in [-0.15, -0.1) is 0 Å². The zero-order valence-electron chi connectivity index (χ0n) is 10.6. The fourth-order valence-corrected chi connectivity index (χ4v) is 2.03. The second-order valence-electron chi connectivity index (χ2n) is 4.51. The standard InChI is InChI=1S/C13H20N2O2/c1-3-5-8-15-12(10-6-7-10)11(9-14-15)13(16)17-4-2/h9-10H,3-8H2,1-2H3. The molecule has 17 heavy (non-hydrogen) atoms. The molecule has 0 radical (unpaired) electrons. The molecule has 1 aromatic rings. The van der Waals surface area contributed by atoms with Gasteiger partial charge in [-0.25, -0.2) is 4.79 Å². The number of carbonyl (C=O) groups excluding carboxylic acids is 1. The monoisotopic (exact) mass is 236 g/mol. The van der Waals surface area contributed by atoms with Gasteiger partial charge in [0.15, 0.2) is 0 Å². The van der Waals surface area contributed by atoms with Crippen molar-refractivity contribution < 1.29 is 9.53 Å². The van der Waals surface area contributed by atoms with Gasteiger partial charge in [0.25, 0.3) is 0 Å². The highest BCUT2D eigenvalue weighted by Gasteiger charge is 2.32. The van der Waals surface area contributed by atoms with E-state index in [1.54, 1.807) is 6.20 Å². The molecule has 0 saturated heterocycles. The third-order valence-corrected chi connectivity index (χ3v) is 3.06. The topological polar surface area (TPSA) is 44.1 Å². The number of nitrogens with zero attached hydrogens (tertiary/aromatic N) is 2. The Kier molecular flexibility index (Phi) is 3.82. The molecule has 0 aromatic carbocycles. The summed E-state index contributed by atoms with van der Waals surface area (Å²) in [6.07, 6.45) is 6.25. The number of carbonyl (C=O) groups is 1. The van der Waals surface area contributed by atoms with E-state index in [0.29, 0.717) is 18.1 Å². The molecule has 0 atom stereocenters. The van der Waals surface area contributed by atoms with E-state index in [0.717, 1.165) is 25.1 Å². The van der Waals surface area contributed by atoms with Gasteiger partial charge in [-0.2, -0.15) is 5.10 Å². The summed E-state index contributed by atoms with van der Waals surface area (Å²) >= 11 is 0. The summed E-state index contributed by atoms with van der Waals surface area (Å²) in [5, 5.41) is 4.33. The molecule has 0 amide bonds. The van der Waals surface area contributed by atoms with Crippen LogP contribution in [0.25, 0.3) is 0 Å². The Bertz CT molecular complexity index is 394. The summed E-state index contributed by atoms with van der Waals surface area (Å²) in [6.45, 7) is 5.31. The quantitative estimate of drug-likeness (QED) is 0.713. The van der Waals surface area contributed by atoms with Gasteiger partial charge < -0.3 is 4.74 Å². The van der Waals surface area contributed by atoms with Gasteiger partial charge in [0.1, 0.15) is 5.56 Å². The van der Waals surface area contributed by atoms with E-state index in [-0.39, 0.29) is 5.97 Å². The minimum Gasteiger partial charge on any atom is -0.462 e. The molecule has 2 rings (SSSR count). The summed E-state index contributed by atoms with van der Waals surface area (Å²) in [7, 11) is 0. The fraction of sp³-hybridized carbons (Fsp3) is 0.692. The molecule has 0 unspecified atom stereocenters. The molecule has 1 aromatic heterocycles. The average molecular weight is 236 g/mol. The van der Waals surface area contributed by atoms with Crippen LogP contribution >= 0.6 is 0 Å². The zero-order chi connectivity index (χ0) is 12.3. The Labute approximate surface area is 102 Å². The first-order valence-corrected chi connectivity index (χ1v) is 6.50. The molecule has 4 nitrogen and oxygen atoms in total. The predicted octanol–water partition coefficient (Wildman–Crippen LogP) is 2.74. The lowest BCUT2D eigenvalue weighted by Gasteiger charge is -2.07. The van der Waals surface area contributed by atoms with E-state index in [1.807, 2.05) is 11.6 Å². The molecule has 4 heteroatoms. The number of aryl methyl sites for hydroxylation is 1. The van der Waals surface area contributed by atoms with Crippen LogP contribution < -0.4 is 0 Å². The average Bonchev–Trinajstić information content (AvgIpc) is 3.07. The lowest BCUT2D eigenvalue weighted by molar-refractivity contribution is 0.0525. The largest absolute Gasteiger partial charge is 0.462 e. The Morgan fingerprint density at radius 2 is 2.29 bits per heavy atom. The van der Waals surface area contributed by atoms with E-state index in [2.05, 4.69) is 12.0 Å². The number of aromatic nitrogens is 2. The maximum Gasteiger partial charge on any atom is 0.341 e. The van der Waals surface area contributed by atoms with Crippen LogP contribution in [0.1, 0.15) is 61.5 Å². The molecular formula is C13H20N2O2. The lowest BCUT2D eigenvalue weighted by Crippen LogP contribution is -2.10. The summed E-state index contributed by atoms with van der Waals surface area (Å²) in [6, 6.07) is 0. The highest BCUT2D eigenvalue weighted by atomic mass is 16.5. The SMILES string of the molecule is CCCCn1ncc(C(=O)OCC)c1C1CC1. The first-order chi connectivity index (χ1) is 8.27. The molecule has 1 aliphatic rings. The highest BCUT2D eigenvalue weighted by molar-refractivity contribution is 5.90. The third kappa shape index (κ3) is 2.68. The van der Waals surface area contributed by atoms with Crippen LogP contribution in [-0.2, 0) is 11.3 Å². The van der Waals surface area contributed by atoms with Crippen LogP contribution in [0.5, 0.6) is 0 Å². The Morgan fingerprint density at radius 3 is 2.88 bits per heavy atom. The molecular weight excluding hydrogens is 216 g/mol. The summed E-state index contributed by atoms with van der Waals surface area (Å²) in [5.74, 6) is 0.297. The van der Waals surface area contributed by atoms with E-state index < -0.39 is 0 Å². The minimum atomic E-state index is -0.225. The van der Waals surface area contributed by atoms with Crippen molar-refractivity contribution in [3.8, 4) is 0 Å². The molecule has 1 fully saturated rings.